The molecule has 100 valence electrons. The van der Waals surface area contributed by atoms with Crippen molar-refractivity contribution in [3.63, 3.8) is 0 Å². The Bertz CT molecular complexity index is 414. The summed E-state index contributed by atoms with van der Waals surface area (Å²) in [6, 6.07) is 5.89. The van der Waals surface area contributed by atoms with Gasteiger partial charge in [0.15, 0.2) is 0 Å². The second-order valence-electron chi connectivity index (χ2n) is 4.64. The van der Waals surface area contributed by atoms with Crippen molar-refractivity contribution in [2.24, 2.45) is 0 Å². The van der Waals surface area contributed by atoms with Gasteiger partial charge in [0, 0.05) is 25.7 Å². The topological polar surface area (TPSA) is 44.7 Å². The van der Waals surface area contributed by atoms with Gasteiger partial charge in [0.25, 0.3) is 0 Å². The van der Waals surface area contributed by atoms with E-state index in [1.807, 2.05) is 25.2 Å². The smallest absolute Gasteiger partial charge is 0.137 e. The van der Waals surface area contributed by atoms with E-state index in [0.717, 1.165) is 12.1 Å². The van der Waals surface area contributed by atoms with Crippen LogP contribution in [0.15, 0.2) is 18.2 Å². The lowest BCUT2D eigenvalue weighted by atomic mass is 10.1. The van der Waals surface area contributed by atoms with Crippen LogP contribution in [0.2, 0.25) is 5.02 Å². The summed E-state index contributed by atoms with van der Waals surface area (Å²) in [7, 11) is 3.61. The van der Waals surface area contributed by atoms with Gasteiger partial charge >= 0.3 is 0 Å². The van der Waals surface area contributed by atoms with Crippen molar-refractivity contribution in [3.8, 4) is 5.75 Å². The van der Waals surface area contributed by atoms with Gasteiger partial charge in [-0.25, -0.2) is 0 Å². The molecule has 2 N–H and O–H groups in total. The molecule has 0 spiro atoms. The average Bonchev–Trinajstić information content (AvgIpc) is 2.78. The normalized spacial score (nSPS) is 23.6. The minimum atomic E-state index is -0.320. The van der Waals surface area contributed by atoms with E-state index in [1.165, 1.54) is 0 Å². The number of nitrogens with one attached hydrogen (secondary N) is 1. The van der Waals surface area contributed by atoms with Gasteiger partial charge < -0.3 is 15.2 Å². The minimum Gasteiger partial charge on any atom is -0.495 e. The van der Waals surface area contributed by atoms with Crippen LogP contribution in [-0.4, -0.2) is 49.4 Å². The fourth-order valence-corrected chi connectivity index (χ4v) is 2.59. The first-order valence-electron chi connectivity index (χ1n) is 6.04. The van der Waals surface area contributed by atoms with Gasteiger partial charge in [-0.05, 0) is 18.7 Å². The van der Waals surface area contributed by atoms with E-state index < -0.39 is 0 Å². The van der Waals surface area contributed by atoms with Gasteiger partial charge in [-0.2, -0.15) is 0 Å². The van der Waals surface area contributed by atoms with Gasteiger partial charge in [-0.1, -0.05) is 23.7 Å². The molecule has 1 aliphatic rings. The Morgan fingerprint density at radius 3 is 2.89 bits per heavy atom. The van der Waals surface area contributed by atoms with Crippen LogP contribution >= 0.6 is 11.6 Å². The molecule has 1 saturated heterocycles. The summed E-state index contributed by atoms with van der Waals surface area (Å²) < 4.78 is 5.20. The van der Waals surface area contributed by atoms with Crippen LogP contribution in [0.4, 0.5) is 0 Å². The molecule has 18 heavy (non-hydrogen) atoms. The standard InChI is InChI=1S/C13H19ClN2O2/c1-16(10-6-15-7-11(10)17)8-9-4-3-5-12(18-2)13(9)14/h3-5,10-11,15,17H,6-8H2,1-2H3/t10-,11-/m1/s1. The average molecular weight is 271 g/mol. The lowest BCUT2D eigenvalue weighted by Crippen LogP contribution is -2.40. The quantitative estimate of drug-likeness (QED) is 0.861. The Morgan fingerprint density at radius 2 is 2.28 bits per heavy atom. The van der Waals surface area contributed by atoms with E-state index in [0.29, 0.717) is 23.9 Å². The molecule has 0 bridgehead atoms. The van der Waals surface area contributed by atoms with E-state index in [1.54, 1.807) is 7.11 Å². The number of hydrogen-bond donors (Lipinski definition) is 2. The lowest BCUT2D eigenvalue weighted by Gasteiger charge is -2.26. The highest BCUT2D eigenvalue weighted by atomic mass is 35.5. The summed E-state index contributed by atoms with van der Waals surface area (Å²) in [6.07, 6.45) is -0.320. The molecule has 1 aromatic carbocycles. The Balaban J connectivity index is 2.09. The van der Waals surface area contributed by atoms with Crippen molar-refractivity contribution >= 4 is 11.6 Å². The van der Waals surface area contributed by atoms with Crippen molar-refractivity contribution in [2.75, 3.05) is 27.2 Å². The van der Waals surface area contributed by atoms with Gasteiger partial charge in [0.1, 0.15) is 5.75 Å². The molecule has 0 aromatic heterocycles. The molecular weight excluding hydrogens is 252 g/mol. The molecule has 1 fully saturated rings. The van der Waals surface area contributed by atoms with E-state index in [4.69, 9.17) is 16.3 Å². The maximum atomic E-state index is 9.85. The zero-order valence-electron chi connectivity index (χ0n) is 10.7. The highest BCUT2D eigenvalue weighted by molar-refractivity contribution is 6.32. The zero-order chi connectivity index (χ0) is 13.1. The lowest BCUT2D eigenvalue weighted by molar-refractivity contribution is 0.0955. The van der Waals surface area contributed by atoms with E-state index in [-0.39, 0.29) is 12.1 Å². The van der Waals surface area contributed by atoms with E-state index >= 15 is 0 Å². The number of halogens is 1. The maximum absolute atomic E-state index is 9.85. The second kappa shape index (κ2) is 5.89. The Morgan fingerprint density at radius 1 is 1.50 bits per heavy atom. The molecule has 1 heterocycles. The molecule has 2 atom stereocenters. The van der Waals surface area contributed by atoms with Gasteiger partial charge in [0.05, 0.1) is 18.2 Å². The molecule has 0 amide bonds. The first kappa shape index (κ1) is 13.6. The summed E-state index contributed by atoms with van der Waals surface area (Å²) >= 11 is 6.27. The van der Waals surface area contributed by atoms with Crippen molar-refractivity contribution in [1.29, 1.82) is 0 Å². The molecule has 1 aromatic rings. The van der Waals surface area contributed by atoms with Crippen molar-refractivity contribution in [2.45, 2.75) is 18.7 Å². The highest BCUT2D eigenvalue weighted by Gasteiger charge is 2.28. The molecular formula is C13H19ClN2O2. The number of ether oxygens (including phenoxy) is 1. The Hall–Kier alpha value is -0.810. The summed E-state index contributed by atoms with van der Waals surface area (Å²) in [5.74, 6) is 0.688. The largest absolute Gasteiger partial charge is 0.495 e. The molecule has 1 aliphatic heterocycles. The maximum Gasteiger partial charge on any atom is 0.137 e. The molecule has 0 unspecified atom stereocenters. The third kappa shape index (κ3) is 2.78. The minimum absolute atomic E-state index is 0.132. The number of nitrogens with zero attached hydrogens (tertiary/aromatic N) is 1. The van der Waals surface area contributed by atoms with Crippen LogP contribution < -0.4 is 10.1 Å². The summed E-state index contributed by atoms with van der Waals surface area (Å²) in [5.41, 5.74) is 1.01. The zero-order valence-corrected chi connectivity index (χ0v) is 11.4. The molecule has 0 radical (unpaired) electrons. The van der Waals surface area contributed by atoms with E-state index in [9.17, 15) is 5.11 Å². The first-order valence-corrected chi connectivity index (χ1v) is 6.41. The number of rotatable bonds is 4. The van der Waals surface area contributed by atoms with E-state index in [2.05, 4.69) is 10.2 Å². The highest BCUT2D eigenvalue weighted by Crippen LogP contribution is 2.29. The Kier molecular flexibility index (Phi) is 4.45. The fraction of sp³-hybridized carbons (Fsp3) is 0.538. The van der Waals surface area contributed by atoms with Crippen LogP contribution in [0.25, 0.3) is 0 Å². The monoisotopic (exact) mass is 270 g/mol. The van der Waals surface area contributed by atoms with Crippen LogP contribution in [-0.2, 0) is 6.54 Å². The van der Waals surface area contributed by atoms with Gasteiger partial charge in [0.2, 0.25) is 0 Å². The summed E-state index contributed by atoms with van der Waals surface area (Å²) in [5, 5.41) is 13.7. The molecule has 0 aliphatic carbocycles. The first-order chi connectivity index (χ1) is 8.63. The molecule has 4 nitrogen and oxygen atoms in total. The molecule has 0 saturated carbocycles. The summed E-state index contributed by atoms with van der Waals surface area (Å²) in [4.78, 5) is 2.12. The van der Waals surface area contributed by atoms with Crippen LogP contribution in [0.5, 0.6) is 5.75 Å². The number of hydrogen-bond acceptors (Lipinski definition) is 4. The summed E-state index contributed by atoms with van der Waals surface area (Å²) in [6.45, 7) is 2.15. The number of aliphatic hydroxyl groups is 1. The second-order valence-corrected chi connectivity index (χ2v) is 5.02. The van der Waals surface area contributed by atoms with Crippen LogP contribution in [0.1, 0.15) is 5.56 Å². The SMILES string of the molecule is COc1cccc(CN(C)[C@@H]2CNC[C@H]2O)c1Cl. The number of benzene rings is 1. The molecule has 5 heteroatoms. The van der Waals surface area contributed by atoms with Gasteiger partial charge in [-0.15, -0.1) is 0 Å². The molecule has 2 rings (SSSR count). The van der Waals surface area contributed by atoms with Crippen molar-refractivity contribution < 1.29 is 9.84 Å². The van der Waals surface area contributed by atoms with Crippen LogP contribution in [0, 0.1) is 0 Å². The fourth-order valence-electron chi connectivity index (χ4n) is 2.32. The number of β-amino-alcohol motifs (C(OH)–C–C–N with tert-alkyl or cyclic N) is 1. The number of aliphatic hydroxyl groups excluding tert-OH is 1. The third-order valence-electron chi connectivity index (χ3n) is 3.40. The third-order valence-corrected chi connectivity index (χ3v) is 3.83. The number of methoxy groups -OCH3 is 1. The van der Waals surface area contributed by atoms with Crippen LogP contribution in [0.3, 0.4) is 0 Å². The Labute approximate surface area is 113 Å². The predicted octanol–water partition coefficient (Wildman–Crippen LogP) is 1.11. The van der Waals surface area contributed by atoms with Gasteiger partial charge in [-0.3, -0.25) is 4.90 Å². The number of likely N-dealkylation sites (N-methyl/N-ethyl adjacent to an activating group) is 1. The van der Waals surface area contributed by atoms with Crippen molar-refractivity contribution in [1.82, 2.24) is 10.2 Å². The predicted molar refractivity (Wildman–Crippen MR) is 72.1 cm³/mol. The van der Waals surface area contributed by atoms with Crippen molar-refractivity contribution in [3.05, 3.63) is 28.8 Å².